The summed E-state index contributed by atoms with van der Waals surface area (Å²) < 4.78 is 15.1. The van der Waals surface area contributed by atoms with Crippen LogP contribution in [0, 0.1) is 5.82 Å². The molecule has 30 heavy (non-hydrogen) atoms. The Morgan fingerprint density at radius 2 is 1.83 bits per heavy atom. The first kappa shape index (κ1) is 20.6. The van der Waals surface area contributed by atoms with Crippen LogP contribution < -0.4 is 5.32 Å². The first-order valence-electron chi connectivity index (χ1n) is 10.1. The molecule has 1 aliphatic heterocycles. The smallest absolute Gasteiger partial charge is 0.270 e. The second kappa shape index (κ2) is 9.45. The highest BCUT2D eigenvalue weighted by Gasteiger charge is 2.24. The van der Waals surface area contributed by atoms with Crippen molar-refractivity contribution >= 4 is 17.7 Å². The fraction of sp³-hybridized carbons (Fsp3) is 0.304. The summed E-state index contributed by atoms with van der Waals surface area (Å²) >= 11 is 1.45. The molecule has 1 fully saturated rings. The number of benzene rings is 2. The number of rotatable bonds is 6. The fourth-order valence-electron chi connectivity index (χ4n) is 3.82. The van der Waals surface area contributed by atoms with E-state index in [-0.39, 0.29) is 17.8 Å². The molecule has 0 spiro atoms. The molecule has 1 amide bonds. The van der Waals surface area contributed by atoms with Gasteiger partial charge in [-0.25, -0.2) is 9.37 Å². The third-order valence-electron chi connectivity index (χ3n) is 5.40. The van der Waals surface area contributed by atoms with Crippen LogP contribution in [0.2, 0.25) is 0 Å². The average Bonchev–Trinajstić information content (AvgIpc) is 3.21. The third kappa shape index (κ3) is 4.74. The zero-order valence-corrected chi connectivity index (χ0v) is 17.7. The highest BCUT2D eigenvalue weighted by molar-refractivity contribution is 7.98. The fourth-order valence-corrected chi connectivity index (χ4v) is 4.36. The Morgan fingerprint density at radius 1 is 1.13 bits per heavy atom. The number of carbonyl (C=O) groups excluding carboxylic acids is 1. The molecule has 0 radical (unpaired) electrons. The van der Waals surface area contributed by atoms with E-state index in [1.807, 2.05) is 12.3 Å². The zero-order chi connectivity index (χ0) is 20.9. The van der Waals surface area contributed by atoms with Gasteiger partial charge in [-0.2, -0.15) is 0 Å². The monoisotopic (exact) mass is 424 g/mol. The van der Waals surface area contributed by atoms with Gasteiger partial charge in [-0.3, -0.25) is 14.3 Å². The Balaban J connectivity index is 1.40. The maximum atomic E-state index is 13.3. The predicted octanol–water partition coefficient (Wildman–Crippen LogP) is 4.13. The van der Waals surface area contributed by atoms with E-state index in [4.69, 9.17) is 0 Å². The molecule has 1 aliphatic rings. The van der Waals surface area contributed by atoms with Crippen molar-refractivity contribution in [2.45, 2.75) is 30.6 Å². The second-order valence-electron chi connectivity index (χ2n) is 7.45. The molecule has 2 heterocycles. The number of nitrogens with one attached hydrogen (secondary N) is 1. The van der Waals surface area contributed by atoms with Gasteiger partial charge in [-0.05, 0) is 48.9 Å². The molecule has 1 N–H and O–H groups in total. The molecular weight excluding hydrogens is 399 g/mol. The molecule has 0 unspecified atom stereocenters. The van der Waals surface area contributed by atoms with Crippen LogP contribution in [0.25, 0.3) is 5.69 Å². The van der Waals surface area contributed by atoms with Crippen molar-refractivity contribution in [2.24, 2.45) is 0 Å². The van der Waals surface area contributed by atoms with Crippen molar-refractivity contribution < 1.29 is 9.18 Å². The molecule has 7 heteroatoms. The van der Waals surface area contributed by atoms with Crippen molar-refractivity contribution in [3.63, 3.8) is 0 Å². The van der Waals surface area contributed by atoms with Gasteiger partial charge in [0, 0.05) is 31.4 Å². The number of imidazole rings is 1. The number of nitrogens with zero attached hydrogens (tertiary/aromatic N) is 3. The summed E-state index contributed by atoms with van der Waals surface area (Å²) in [4.78, 5) is 19.8. The van der Waals surface area contributed by atoms with Crippen LogP contribution in [-0.4, -0.2) is 45.7 Å². The van der Waals surface area contributed by atoms with Gasteiger partial charge in [0.25, 0.3) is 5.91 Å². The maximum absolute atomic E-state index is 13.3. The van der Waals surface area contributed by atoms with E-state index in [0.717, 1.165) is 38.2 Å². The van der Waals surface area contributed by atoms with Gasteiger partial charge in [0.1, 0.15) is 11.5 Å². The van der Waals surface area contributed by atoms with E-state index in [2.05, 4.69) is 39.5 Å². The largest absolute Gasteiger partial charge is 0.348 e. The van der Waals surface area contributed by atoms with E-state index in [1.165, 1.54) is 29.5 Å². The molecule has 1 aromatic heterocycles. The molecule has 156 valence electrons. The molecular formula is C23H25FN4OS. The van der Waals surface area contributed by atoms with Crippen LogP contribution >= 0.6 is 11.8 Å². The van der Waals surface area contributed by atoms with Gasteiger partial charge in [0.15, 0.2) is 5.16 Å². The van der Waals surface area contributed by atoms with Crippen molar-refractivity contribution in [1.82, 2.24) is 19.8 Å². The lowest BCUT2D eigenvalue weighted by atomic mass is 10.0. The van der Waals surface area contributed by atoms with Crippen LogP contribution in [-0.2, 0) is 6.54 Å². The minimum Gasteiger partial charge on any atom is -0.348 e. The standard InChI is InChI=1S/C23H25FN4OS/c1-30-23-25-15-21(28(23)20-9-7-18(24)8-10-20)22(29)26-19-11-13-27(14-12-19)16-17-5-3-2-4-6-17/h2-10,15,19H,11-14,16H2,1H3,(H,26,29). The third-order valence-corrected chi connectivity index (χ3v) is 6.05. The normalized spacial score (nSPS) is 15.3. The minimum atomic E-state index is -0.308. The van der Waals surface area contributed by atoms with Crippen LogP contribution in [0.4, 0.5) is 4.39 Å². The lowest BCUT2D eigenvalue weighted by molar-refractivity contribution is 0.0901. The summed E-state index contributed by atoms with van der Waals surface area (Å²) in [6.07, 6.45) is 5.33. The summed E-state index contributed by atoms with van der Waals surface area (Å²) in [5.74, 6) is -0.452. The predicted molar refractivity (Wildman–Crippen MR) is 118 cm³/mol. The van der Waals surface area contributed by atoms with Crippen molar-refractivity contribution in [3.05, 3.63) is 77.9 Å². The Kier molecular flexibility index (Phi) is 6.50. The number of halogens is 1. The lowest BCUT2D eigenvalue weighted by Crippen LogP contribution is -2.44. The summed E-state index contributed by atoms with van der Waals surface area (Å²) in [6.45, 7) is 2.84. The highest BCUT2D eigenvalue weighted by atomic mass is 32.2. The quantitative estimate of drug-likeness (QED) is 0.605. The summed E-state index contributed by atoms with van der Waals surface area (Å²) in [5, 5.41) is 3.87. The Morgan fingerprint density at radius 3 is 2.50 bits per heavy atom. The number of aromatic nitrogens is 2. The van der Waals surface area contributed by atoms with Gasteiger partial charge >= 0.3 is 0 Å². The molecule has 4 rings (SSSR count). The number of hydrogen-bond acceptors (Lipinski definition) is 4. The molecule has 1 saturated heterocycles. The van der Waals surface area contributed by atoms with E-state index in [9.17, 15) is 9.18 Å². The van der Waals surface area contributed by atoms with E-state index >= 15 is 0 Å². The topological polar surface area (TPSA) is 50.2 Å². The minimum absolute atomic E-state index is 0.138. The molecule has 3 aromatic rings. The number of thioether (sulfide) groups is 1. The Labute approximate surface area is 180 Å². The van der Waals surface area contributed by atoms with E-state index in [1.54, 1.807) is 22.9 Å². The molecule has 2 aromatic carbocycles. The average molecular weight is 425 g/mol. The Hall–Kier alpha value is -2.64. The molecule has 0 atom stereocenters. The number of carbonyl (C=O) groups is 1. The van der Waals surface area contributed by atoms with Gasteiger partial charge in [-0.1, -0.05) is 42.1 Å². The van der Waals surface area contributed by atoms with Crippen LogP contribution in [0.15, 0.2) is 66.0 Å². The lowest BCUT2D eigenvalue weighted by Gasteiger charge is -2.32. The Bertz CT molecular complexity index is 982. The molecule has 0 saturated carbocycles. The van der Waals surface area contributed by atoms with Gasteiger partial charge in [-0.15, -0.1) is 0 Å². The number of piperidine rings is 1. The van der Waals surface area contributed by atoms with Gasteiger partial charge in [0.05, 0.1) is 6.20 Å². The second-order valence-corrected chi connectivity index (χ2v) is 8.22. The van der Waals surface area contributed by atoms with E-state index < -0.39 is 0 Å². The number of likely N-dealkylation sites (tertiary alicyclic amines) is 1. The van der Waals surface area contributed by atoms with Gasteiger partial charge in [0.2, 0.25) is 0 Å². The molecule has 5 nitrogen and oxygen atoms in total. The van der Waals surface area contributed by atoms with E-state index in [0.29, 0.717) is 10.9 Å². The highest BCUT2D eigenvalue weighted by Crippen LogP contribution is 2.22. The molecule has 0 aliphatic carbocycles. The maximum Gasteiger partial charge on any atom is 0.270 e. The SMILES string of the molecule is CSc1ncc(C(=O)NC2CCN(Cc3ccccc3)CC2)n1-c1ccc(F)cc1. The van der Waals surface area contributed by atoms with Crippen molar-refractivity contribution in [3.8, 4) is 5.69 Å². The van der Waals surface area contributed by atoms with Crippen molar-refractivity contribution in [1.29, 1.82) is 0 Å². The molecule has 0 bridgehead atoms. The first-order valence-corrected chi connectivity index (χ1v) is 11.3. The van der Waals surface area contributed by atoms with Crippen LogP contribution in [0.1, 0.15) is 28.9 Å². The summed E-state index contributed by atoms with van der Waals surface area (Å²) in [7, 11) is 0. The summed E-state index contributed by atoms with van der Waals surface area (Å²) in [5.41, 5.74) is 2.51. The number of hydrogen-bond donors (Lipinski definition) is 1. The van der Waals surface area contributed by atoms with Gasteiger partial charge < -0.3 is 5.32 Å². The van der Waals surface area contributed by atoms with Crippen molar-refractivity contribution in [2.75, 3.05) is 19.3 Å². The zero-order valence-electron chi connectivity index (χ0n) is 16.9. The first-order chi connectivity index (χ1) is 14.6. The number of amides is 1. The summed E-state index contributed by atoms with van der Waals surface area (Å²) in [6, 6.07) is 16.7. The van der Waals surface area contributed by atoms with Crippen LogP contribution in [0.5, 0.6) is 0 Å². The van der Waals surface area contributed by atoms with Crippen LogP contribution in [0.3, 0.4) is 0 Å².